The van der Waals surface area contributed by atoms with Crippen LogP contribution in [0.1, 0.15) is 58.4 Å². The molecule has 1 N–H and O–H groups in total. The van der Waals surface area contributed by atoms with E-state index in [1.165, 1.54) is 5.56 Å². The van der Waals surface area contributed by atoms with Crippen LogP contribution in [-0.4, -0.2) is 30.2 Å². The SMILES string of the molecule is CCCC(CC)Oc1nc(Br)c(-c2ccc(C(C)C)cc2OC)nc1NC. The number of ether oxygens (including phenoxy) is 2. The van der Waals surface area contributed by atoms with Gasteiger partial charge in [0, 0.05) is 12.6 Å². The van der Waals surface area contributed by atoms with Gasteiger partial charge in [0.05, 0.1) is 7.11 Å². The number of methoxy groups -OCH3 is 1. The van der Waals surface area contributed by atoms with Crippen molar-refractivity contribution in [2.75, 3.05) is 19.5 Å². The highest BCUT2D eigenvalue weighted by atomic mass is 79.9. The summed E-state index contributed by atoms with van der Waals surface area (Å²) in [5.41, 5.74) is 2.84. The Morgan fingerprint density at radius 3 is 2.48 bits per heavy atom. The molecule has 6 heteroatoms. The zero-order chi connectivity index (χ0) is 20.0. The Kier molecular flexibility index (Phi) is 7.90. The molecule has 1 aromatic carbocycles. The van der Waals surface area contributed by atoms with E-state index in [9.17, 15) is 0 Å². The van der Waals surface area contributed by atoms with E-state index in [1.54, 1.807) is 7.11 Å². The van der Waals surface area contributed by atoms with Crippen LogP contribution in [0.15, 0.2) is 22.8 Å². The predicted octanol–water partition coefficient (Wildman–Crippen LogP) is 6.04. The molecule has 1 unspecified atom stereocenters. The van der Waals surface area contributed by atoms with Crippen molar-refractivity contribution < 1.29 is 9.47 Å². The van der Waals surface area contributed by atoms with Crippen molar-refractivity contribution in [1.29, 1.82) is 0 Å². The van der Waals surface area contributed by atoms with Gasteiger partial charge in [-0.05, 0) is 52.4 Å². The molecule has 5 nitrogen and oxygen atoms in total. The van der Waals surface area contributed by atoms with Crippen LogP contribution in [0.25, 0.3) is 11.3 Å². The Morgan fingerprint density at radius 2 is 1.93 bits per heavy atom. The van der Waals surface area contributed by atoms with Gasteiger partial charge in [0.2, 0.25) is 0 Å². The maximum absolute atomic E-state index is 6.11. The fourth-order valence-electron chi connectivity index (χ4n) is 2.91. The van der Waals surface area contributed by atoms with E-state index in [-0.39, 0.29) is 6.10 Å². The summed E-state index contributed by atoms with van der Waals surface area (Å²) in [7, 11) is 3.51. The highest BCUT2D eigenvalue weighted by molar-refractivity contribution is 9.10. The van der Waals surface area contributed by atoms with E-state index in [4.69, 9.17) is 14.5 Å². The molecule has 0 aliphatic rings. The number of aromatic nitrogens is 2. The number of benzene rings is 1. The standard InChI is InChI=1S/C21H30BrN3O2/c1-7-9-15(8-2)27-21-20(23-5)24-18(19(22)25-21)16-11-10-14(13(3)4)12-17(16)26-6/h10-13,15H,7-9H2,1-6H3,(H,23,24). The molecule has 2 rings (SSSR count). The highest BCUT2D eigenvalue weighted by Crippen LogP contribution is 2.37. The lowest BCUT2D eigenvalue weighted by Gasteiger charge is -2.19. The minimum absolute atomic E-state index is 0.133. The van der Waals surface area contributed by atoms with Gasteiger partial charge in [-0.2, -0.15) is 0 Å². The van der Waals surface area contributed by atoms with Gasteiger partial charge in [0.25, 0.3) is 5.88 Å². The molecule has 0 bridgehead atoms. The third-order valence-electron chi connectivity index (χ3n) is 4.55. The second kappa shape index (κ2) is 9.93. The largest absolute Gasteiger partial charge is 0.496 e. The molecule has 0 aliphatic heterocycles. The number of anilines is 1. The minimum Gasteiger partial charge on any atom is -0.496 e. The number of halogens is 1. The van der Waals surface area contributed by atoms with Crippen LogP contribution in [0.4, 0.5) is 5.82 Å². The van der Waals surface area contributed by atoms with Gasteiger partial charge in [-0.15, -0.1) is 0 Å². The van der Waals surface area contributed by atoms with Crippen molar-refractivity contribution in [2.45, 2.75) is 59.0 Å². The van der Waals surface area contributed by atoms with Crippen LogP contribution in [0.3, 0.4) is 0 Å². The monoisotopic (exact) mass is 435 g/mol. The van der Waals surface area contributed by atoms with Gasteiger partial charge < -0.3 is 14.8 Å². The lowest BCUT2D eigenvalue weighted by atomic mass is 10.00. The molecule has 0 saturated heterocycles. The first-order valence-electron chi connectivity index (χ1n) is 9.55. The topological polar surface area (TPSA) is 56.3 Å². The fourth-order valence-corrected chi connectivity index (χ4v) is 3.37. The quantitative estimate of drug-likeness (QED) is 0.520. The Labute approximate surface area is 171 Å². The molecular formula is C21H30BrN3O2. The average Bonchev–Trinajstić information content (AvgIpc) is 2.67. The lowest BCUT2D eigenvalue weighted by Crippen LogP contribution is -2.17. The van der Waals surface area contributed by atoms with Crippen molar-refractivity contribution in [3.05, 3.63) is 28.4 Å². The van der Waals surface area contributed by atoms with Gasteiger partial charge in [-0.3, -0.25) is 0 Å². The Morgan fingerprint density at radius 1 is 1.19 bits per heavy atom. The average molecular weight is 436 g/mol. The Balaban J connectivity index is 2.47. The van der Waals surface area contributed by atoms with Crippen LogP contribution in [0.2, 0.25) is 0 Å². The van der Waals surface area contributed by atoms with Crippen molar-refractivity contribution >= 4 is 21.7 Å². The van der Waals surface area contributed by atoms with Crippen LogP contribution in [-0.2, 0) is 0 Å². The Bertz CT molecular complexity index is 765. The normalized spacial score (nSPS) is 12.1. The van der Waals surface area contributed by atoms with E-state index in [2.05, 4.69) is 66.1 Å². The lowest BCUT2D eigenvalue weighted by molar-refractivity contribution is 0.178. The number of nitrogens with zero attached hydrogens (tertiary/aromatic N) is 2. The molecule has 1 atom stereocenters. The summed E-state index contributed by atoms with van der Waals surface area (Å²) in [4.78, 5) is 9.40. The smallest absolute Gasteiger partial charge is 0.258 e. The minimum atomic E-state index is 0.133. The molecule has 2 aromatic rings. The van der Waals surface area contributed by atoms with Crippen LogP contribution >= 0.6 is 15.9 Å². The van der Waals surface area contributed by atoms with Gasteiger partial charge in [0.15, 0.2) is 5.82 Å². The molecule has 0 spiro atoms. The molecular weight excluding hydrogens is 406 g/mol. The summed E-state index contributed by atoms with van der Waals surface area (Å²) in [6.07, 6.45) is 3.13. The van der Waals surface area contributed by atoms with Crippen LogP contribution in [0.5, 0.6) is 11.6 Å². The molecule has 0 aliphatic carbocycles. The summed E-state index contributed by atoms with van der Waals surface area (Å²) < 4.78 is 12.4. The maximum Gasteiger partial charge on any atom is 0.258 e. The molecule has 0 amide bonds. The highest BCUT2D eigenvalue weighted by Gasteiger charge is 2.20. The summed E-state index contributed by atoms with van der Waals surface area (Å²) in [6.45, 7) is 8.60. The van der Waals surface area contributed by atoms with E-state index < -0.39 is 0 Å². The van der Waals surface area contributed by atoms with Crippen LogP contribution in [0, 0.1) is 0 Å². The number of hydrogen-bond acceptors (Lipinski definition) is 5. The van der Waals surface area contributed by atoms with Crippen molar-refractivity contribution in [2.24, 2.45) is 0 Å². The summed E-state index contributed by atoms with van der Waals surface area (Å²) in [6, 6.07) is 6.20. The van der Waals surface area contributed by atoms with E-state index in [1.807, 2.05) is 13.1 Å². The van der Waals surface area contributed by atoms with E-state index in [0.717, 1.165) is 36.3 Å². The zero-order valence-corrected chi connectivity index (χ0v) is 18.7. The Hall–Kier alpha value is -1.82. The van der Waals surface area contributed by atoms with Crippen molar-refractivity contribution in [3.8, 4) is 22.9 Å². The summed E-state index contributed by atoms with van der Waals surface area (Å²) in [5, 5.41) is 3.11. The first-order valence-corrected chi connectivity index (χ1v) is 10.3. The van der Waals surface area contributed by atoms with Crippen molar-refractivity contribution in [1.82, 2.24) is 9.97 Å². The molecule has 148 valence electrons. The molecule has 0 radical (unpaired) electrons. The second-order valence-corrected chi connectivity index (χ2v) is 7.57. The molecule has 0 saturated carbocycles. The van der Waals surface area contributed by atoms with Gasteiger partial charge >= 0.3 is 0 Å². The second-order valence-electron chi connectivity index (χ2n) is 6.82. The third kappa shape index (κ3) is 5.12. The first-order chi connectivity index (χ1) is 12.9. The van der Waals surface area contributed by atoms with Crippen LogP contribution < -0.4 is 14.8 Å². The van der Waals surface area contributed by atoms with E-state index in [0.29, 0.717) is 22.2 Å². The molecule has 27 heavy (non-hydrogen) atoms. The van der Waals surface area contributed by atoms with Crippen molar-refractivity contribution in [3.63, 3.8) is 0 Å². The summed E-state index contributed by atoms with van der Waals surface area (Å²) >= 11 is 3.57. The number of rotatable bonds is 9. The summed E-state index contributed by atoms with van der Waals surface area (Å²) in [5.74, 6) is 2.35. The third-order valence-corrected chi connectivity index (χ3v) is 5.10. The predicted molar refractivity (Wildman–Crippen MR) is 115 cm³/mol. The maximum atomic E-state index is 6.11. The zero-order valence-electron chi connectivity index (χ0n) is 17.1. The molecule has 1 aromatic heterocycles. The van der Waals surface area contributed by atoms with Gasteiger partial charge in [-0.1, -0.05) is 40.2 Å². The van der Waals surface area contributed by atoms with E-state index >= 15 is 0 Å². The number of nitrogens with one attached hydrogen (secondary N) is 1. The van der Waals surface area contributed by atoms with Gasteiger partial charge in [0.1, 0.15) is 22.2 Å². The number of hydrogen-bond donors (Lipinski definition) is 1. The fraction of sp³-hybridized carbons (Fsp3) is 0.524. The molecule has 0 fully saturated rings. The molecule has 1 heterocycles. The van der Waals surface area contributed by atoms with Gasteiger partial charge in [-0.25, -0.2) is 9.97 Å². The first kappa shape index (κ1) is 21.5.